The molecule has 0 radical (unpaired) electrons. The van der Waals surface area contributed by atoms with Crippen molar-refractivity contribution in [2.45, 2.75) is 31.4 Å². The summed E-state index contributed by atoms with van der Waals surface area (Å²) in [5, 5.41) is 0. The molecule has 4 rings (SSSR count). The van der Waals surface area contributed by atoms with Crippen LogP contribution >= 0.6 is 0 Å². The molecule has 30 heavy (non-hydrogen) atoms. The van der Waals surface area contributed by atoms with Crippen LogP contribution in [-0.4, -0.2) is 24.5 Å². The molecule has 0 bridgehead atoms. The van der Waals surface area contributed by atoms with Gasteiger partial charge in [-0.05, 0) is 35.2 Å². The fourth-order valence-corrected chi connectivity index (χ4v) is 4.06. The van der Waals surface area contributed by atoms with E-state index in [1.165, 1.54) is 7.11 Å². The van der Waals surface area contributed by atoms with Crippen LogP contribution in [0.1, 0.15) is 35.3 Å². The minimum Gasteiger partial charge on any atom is -0.467 e. The summed E-state index contributed by atoms with van der Waals surface area (Å²) in [4.78, 5) is 18.2. The van der Waals surface area contributed by atoms with E-state index in [0.29, 0.717) is 12.3 Å². The lowest BCUT2D eigenvalue weighted by atomic mass is 9.81. The van der Waals surface area contributed by atoms with Crippen molar-refractivity contribution in [1.29, 1.82) is 0 Å². The molecule has 3 aromatic rings. The number of esters is 1. The van der Waals surface area contributed by atoms with E-state index < -0.39 is 17.6 Å². The Labute approximate surface area is 177 Å². The van der Waals surface area contributed by atoms with Gasteiger partial charge in [-0.3, -0.25) is 0 Å². The number of ether oxygens (including phenoxy) is 2. The molecule has 3 aromatic carbocycles. The first-order valence-corrected chi connectivity index (χ1v) is 10.2. The van der Waals surface area contributed by atoms with Crippen LogP contribution in [0, 0.1) is 0 Å². The molecule has 1 heterocycles. The molecule has 152 valence electrons. The number of benzene rings is 3. The molecular formula is C26H25NO3. The number of hydrogen-bond donors (Lipinski definition) is 0. The van der Waals surface area contributed by atoms with Gasteiger partial charge in [0.15, 0.2) is 6.10 Å². The molecule has 2 atom stereocenters. The maximum absolute atomic E-state index is 13.3. The van der Waals surface area contributed by atoms with Crippen molar-refractivity contribution in [1.82, 2.24) is 0 Å². The minimum atomic E-state index is -1.20. The van der Waals surface area contributed by atoms with Gasteiger partial charge < -0.3 is 9.47 Å². The summed E-state index contributed by atoms with van der Waals surface area (Å²) in [6.45, 7) is 2.10. The number of hydrogen-bond acceptors (Lipinski definition) is 4. The first-order valence-electron chi connectivity index (χ1n) is 10.2. The Bertz CT molecular complexity index is 1050. The highest BCUT2D eigenvalue weighted by Gasteiger charge is 2.54. The molecule has 1 aliphatic rings. The van der Waals surface area contributed by atoms with Gasteiger partial charge in [-0.15, -0.1) is 0 Å². The van der Waals surface area contributed by atoms with E-state index in [2.05, 4.69) is 13.0 Å². The fourth-order valence-electron chi connectivity index (χ4n) is 4.06. The smallest absolute Gasteiger partial charge is 0.338 e. The lowest BCUT2D eigenvalue weighted by Gasteiger charge is -2.30. The number of aliphatic imine (C=N–C) groups is 1. The zero-order valence-corrected chi connectivity index (χ0v) is 17.2. The summed E-state index contributed by atoms with van der Waals surface area (Å²) >= 11 is 0. The number of carbonyl (C=O) groups is 1. The average Bonchev–Trinajstić information content (AvgIpc) is 3.20. The van der Waals surface area contributed by atoms with Crippen molar-refractivity contribution in [2.75, 3.05) is 7.11 Å². The molecule has 0 aliphatic carbocycles. The van der Waals surface area contributed by atoms with E-state index in [4.69, 9.17) is 14.5 Å². The fraction of sp³-hybridized carbons (Fsp3) is 0.231. The van der Waals surface area contributed by atoms with Crippen molar-refractivity contribution in [2.24, 2.45) is 4.99 Å². The molecule has 0 saturated heterocycles. The predicted octanol–water partition coefficient (Wildman–Crippen LogP) is 4.92. The number of nitrogens with zero attached hydrogens (tertiary/aromatic N) is 1. The van der Waals surface area contributed by atoms with E-state index in [1.807, 2.05) is 78.9 Å². The minimum absolute atomic E-state index is 0.388. The second-order valence-corrected chi connectivity index (χ2v) is 7.41. The van der Waals surface area contributed by atoms with Gasteiger partial charge in [0.2, 0.25) is 11.4 Å². The topological polar surface area (TPSA) is 47.9 Å². The molecule has 0 spiro atoms. The second kappa shape index (κ2) is 8.54. The van der Waals surface area contributed by atoms with E-state index in [0.717, 1.165) is 28.7 Å². The Morgan fingerprint density at radius 3 is 2.27 bits per heavy atom. The number of carbonyl (C=O) groups excluding carboxylic acids is 1. The standard InChI is InChI=1S/C26H25NO3/c1-3-20-14-10-11-17-22(20)23-26(25(28)29-2,18-19-12-6-4-7-13-19)27-24(30-23)21-15-8-5-9-16-21/h4-17,23H,3,18H2,1-2H3/t23-,26-/m0/s1. The molecule has 0 N–H and O–H groups in total. The highest BCUT2D eigenvalue weighted by molar-refractivity contribution is 5.99. The quantitative estimate of drug-likeness (QED) is 0.553. The lowest BCUT2D eigenvalue weighted by Crippen LogP contribution is -2.44. The van der Waals surface area contributed by atoms with Gasteiger partial charge in [-0.25, -0.2) is 9.79 Å². The molecule has 0 saturated carbocycles. The van der Waals surface area contributed by atoms with Crippen LogP contribution in [0.5, 0.6) is 0 Å². The third-order valence-electron chi connectivity index (χ3n) is 5.56. The van der Waals surface area contributed by atoms with Gasteiger partial charge in [0, 0.05) is 12.0 Å². The number of rotatable bonds is 6. The maximum atomic E-state index is 13.3. The van der Waals surface area contributed by atoms with Crippen molar-refractivity contribution in [3.05, 3.63) is 107 Å². The third-order valence-corrected chi connectivity index (χ3v) is 5.56. The summed E-state index contributed by atoms with van der Waals surface area (Å²) in [6, 6.07) is 27.7. The van der Waals surface area contributed by atoms with Crippen LogP contribution in [0.4, 0.5) is 0 Å². The second-order valence-electron chi connectivity index (χ2n) is 7.41. The zero-order chi connectivity index (χ0) is 21.0. The van der Waals surface area contributed by atoms with E-state index in [9.17, 15) is 4.79 Å². The summed E-state index contributed by atoms with van der Waals surface area (Å²) < 4.78 is 11.7. The summed E-state index contributed by atoms with van der Waals surface area (Å²) in [6.07, 6.45) is 0.648. The van der Waals surface area contributed by atoms with Gasteiger partial charge in [0.1, 0.15) is 0 Å². The monoisotopic (exact) mass is 399 g/mol. The Balaban J connectivity index is 1.89. The van der Waals surface area contributed by atoms with Crippen molar-refractivity contribution in [3.8, 4) is 0 Å². The van der Waals surface area contributed by atoms with Crippen molar-refractivity contribution < 1.29 is 14.3 Å². The normalized spacial score (nSPS) is 20.3. The first kappa shape index (κ1) is 19.9. The van der Waals surface area contributed by atoms with Crippen LogP contribution in [0.3, 0.4) is 0 Å². The Morgan fingerprint density at radius 2 is 1.60 bits per heavy atom. The summed E-state index contributed by atoms with van der Waals surface area (Å²) in [5.41, 5.74) is 2.75. The SMILES string of the molecule is CCc1ccccc1[C@@H]1OC(c2ccccc2)=N[C@]1(Cc1ccccc1)C(=O)OC. The van der Waals surface area contributed by atoms with Crippen LogP contribution in [-0.2, 0) is 27.1 Å². The van der Waals surface area contributed by atoms with Crippen molar-refractivity contribution in [3.63, 3.8) is 0 Å². The highest BCUT2D eigenvalue weighted by Crippen LogP contribution is 2.44. The number of aryl methyl sites for hydroxylation is 1. The molecule has 0 amide bonds. The van der Waals surface area contributed by atoms with E-state index >= 15 is 0 Å². The van der Waals surface area contributed by atoms with Crippen LogP contribution in [0.15, 0.2) is 89.9 Å². The summed E-state index contributed by atoms with van der Waals surface area (Å²) in [7, 11) is 1.41. The molecule has 0 aromatic heterocycles. The average molecular weight is 399 g/mol. The van der Waals surface area contributed by atoms with Gasteiger partial charge in [-0.1, -0.05) is 79.7 Å². The van der Waals surface area contributed by atoms with Crippen LogP contribution in [0.25, 0.3) is 0 Å². The highest BCUT2D eigenvalue weighted by atomic mass is 16.5. The third kappa shape index (κ3) is 3.61. The molecule has 1 aliphatic heterocycles. The van der Waals surface area contributed by atoms with E-state index in [-0.39, 0.29) is 0 Å². The Hall–Kier alpha value is -3.40. The molecule has 4 nitrogen and oxygen atoms in total. The Morgan fingerprint density at radius 1 is 0.967 bits per heavy atom. The van der Waals surface area contributed by atoms with E-state index in [1.54, 1.807) is 0 Å². The van der Waals surface area contributed by atoms with Crippen LogP contribution in [0.2, 0.25) is 0 Å². The molecule has 0 fully saturated rings. The zero-order valence-electron chi connectivity index (χ0n) is 17.2. The van der Waals surface area contributed by atoms with Gasteiger partial charge in [-0.2, -0.15) is 0 Å². The van der Waals surface area contributed by atoms with Gasteiger partial charge in [0.25, 0.3) is 0 Å². The van der Waals surface area contributed by atoms with Crippen molar-refractivity contribution >= 4 is 11.9 Å². The van der Waals surface area contributed by atoms with Gasteiger partial charge in [0.05, 0.1) is 7.11 Å². The predicted molar refractivity (Wildman–Crippen MR) is 118 cm³/mol. The largest absolute Gasteiger partial charge is 0.467 e. The summed E-state index contributed by atoms with van der Waals surface area (Å²) in [5.74, 6) is 0.0704. The lowest BCUT2D eigenvalue weighted by molar-refractivity contribution is -0.150. The number of methoxy groups -OCH3 is 1. The van der Waals surface area contributed by atoms with Gasteiger partial charge >= 0.3 is 5.97 Å². The maximum Gasteiger partial charge on any atom is 0.338 e. The first-order chi connectivity index (χ1) is 14.7. The molecular weight excluding hydrogens is 374 g/mol. The Kier molecular flexibility index (Phi) is 5.66. The molecule has 4 heteroatoms. The van der Waals surface area contributed by atoms with Crippen LogP contribution < -0.4 is 0 Å². The molecule has 0 unspecified atom stereocenters.